The van der Waals surface area contributed by atoms with Crippen molar-refractivity contribution in [3.63, 3.8) is 0 Å². The van der Waals surface area contributed by atoms with E-state index in [2.05, 4.69) is 24.1 Å². The number of hydrogen-bond donors (Lipinski definition) is 2. The van der Waals surface area contributed by atoms with Gasteiger partial charge in [0.25, 0.3) is 5.91 Å². The number of ether oxygens (including phenoxy) is 1. The van der Waals surface area contributed by atoms with Crippen LogP contribution in [0.4, 0.5) is 5.69 Å². The Morgan fingerprint density at radius 1 is 1.42 bits per heavy atom. The van der Waals surface area contributed by atoms with Crippen molar-refractivity contribution in [2.75, 3.05) is 32.1 Å². The van der Waals surface area contributed by atoms with Crippen molar-refractivity contribution in [2.45, 2.75) is 6.92 Å². The second kappa shape index (κ2) is 8.32. The summed E-state index contributed by atoms with van der Waals surface area (Å²) >= 11 is 0. The van der Waals surface area contributed by atoms with Crippen molar-refractivity contribution in [3.05, 3.63) is 42.5 Å². The minimum Gasteiger partial charge on any atom is -0.385 e. The molecule has 2 N–H and O–H groups in total. The Hall–Kier alpha value is -1.81. The van der Waals surface area contributed by atoms with Gasteiger partial charge in [-0.05, 0) is 30.2 Å². The Labute approximate surface area is 114 Å². The lowest BCUT2D eigenvalue weighted by molar-refractivity contribution is 0.0958. The Bertz CT molecular complexity index is 401. The van der Waals surface area contributed by atoms with Crippen molar-refractivity contribution < 1.29 is 9.53 Å². The Morgan fingerprint density at radius 3 is 2.68 bits per heavy atom. The van der Waals surface area contributed by atoms with Gasteiger partial charge in [-0.2, -0.15) is 0 Å². The van der Waals surface area contributed by atoms with Crippen LogP contribution in [0.1, 0.15) is 17.3 Å². The molecule has 0 aliphatic heterocycles. The van der Waals surface area contributed by atoms with Crippen LogP contribution in [0.2, 0.25) is 0 Å². The van der Waals surface area contributed by atoms with Gasteiger partial charge < -0.3 is 15.4 Å². The molecule has 0 heterocycles. The number of nitrogens with one attached hydrogen (secondary N) is 2. The molecule has 0 fully saturated rings. The second-order valence-corrected chi connectivity index (χ2v) is 4.52. The summed E-state index contributed by atoms with van der Waals surface area (Å²) in [7, 11) is 1.70. The number of hydrogen-bond acceptors (Lipinski definition) is 3. The maximum absolute atomic E-state index is 11.7. The van der Waals surface area contributed by atoms with Crippen LogP contribution in [-0.4, -0.2) is 32.7 Å². The highest BCUT2D eigenvalue weighted by Gasteiger charge is 2.04. The SMILES string of the molecule is C=CCNC(=O)c1ccc(NCC(C)COC)cc1. The third-order valence-corrected chi connectivity index (χ3v) is 2.66. The molecule has 0 aliphatic carbocycles. The minimum atomic E-state index is -0.0841. The summed E-state index contributed by atoms with van der Waals surface area (Å²) in [4.78, 5) is 11.7. The number of methoxy groups -OCH3 is 1. The highest BCUT2D eigenvalue weighted by Crippen LogP contribution is 2.10. The summed E-state index contributed by atoms with van der Waals surface area (Å²) in [5.74, 6) is 0.361. The van der Waals surface area contributed by atoms with Crippen molar-refractivity contribution in [1.29, 1.82) is 0 Å². The van der Waals surface area contributed by atoms with E-state index in [0.29, 0.717) is 18.0 Å². The van der Waals surface area contributed by atoms with Crippen LogP contribution >= 0.6 is 0 Å². The molecule has 4 heteroatoms. The zero-order valence-corrected chi connectivity index (χ0v) is 11.6. The Balaban J connectivity index is 2.47. The summed E-state index contributed by atoms with van der Waals surface area (Å²) in [5, 5.41) is 6.05. The second-order valence-electron chi connectivity index (χ2n) is 4.52. The topological polar surface area (TPSA) is 50.4 Å². The van der Waals surface area contributed by atoms with E-state index in [1.54, 1.807) is 13.2 Å². The summed E-state index contributed by atoms with van der Waals surface area (Å²) in [6.45, 7) is 7.73. The van der Waals surface area contributed by atoms with Gasteiger partial charge in [-0.15, -0.1) is 6.58 Å². The Morgan fingerprint density at radius 2 is 2.11 bits per heavy atom. The minimum absolute atomic E-state index is 0.0841. The molecule has 1 rings (SSSR count). The monoisotopic (exact) mass is 262 g/mol. The fourth-order valence-corrected chi connectivity index (χ4v) is 1.64. The van der Waals surface area contributed by atoms with Crippen molar-refractivity contribution in [1.82, 2.24) is 5.32 Å². The zero-order chi connectivity index (χ0) is 14.1. The molecule has 1 atom stereocenters. The predicted molar refractivity (Wildman–Crippen MR) is 78.5 cm³/mol. The molecular formula is C15H22N2O2. The van der Waals surface area contributed by atoms with Crippen molar-refractivity contribution in [3.8, 4) is 0 Å². The zero-order valence-electron chi connectivity index (χ0n) is 11.6. The summed E-state index contributed by atoms with van der Waals surface area (Å²) in [6.07, 6.45) is 1.66. The van der Waals surface area contributed by atoms with Gasteiger partial charge in [0.1, 0.15) is 0 Å². The van der Waals surface area contributed by atoms with Gasteiger partial charge in [-0.3, -0.25) is 4.79 Å². The molecule has 1 unspecified atom stereocenters. The number of carbonyl (C=O) groups is 1. The van der Waals surface area contributed by atoms with E-state index in [9.17, 15) is 4.79 Å². The fourth-order valence-electron chi connectivity index (χ4n) is 1.64. The van der Waals surface area contributed by atoms with Gasteiger partial charge >= 0.3 is 0 Å². The van der Waals surface area contributed by atoms with Crippen LogP contribution < -0.4 is 10.6 Å². The normalized spacial score (nSPS) is 11.7. The van der Waals surface area contributed by atoms with E-state index in [4.69, 9.17) is 4.74 Å². The van der Waals surface area contributed by atoms with E-state index < -0.39 is 0 Å². The van der Waals surface area contributed by atoms with E-state index >= 15 is 0 Å². The molecule has 1 amide bonds. The molecule has 0 bridgehead atoms. The molecule has 0 saturated carbocycles. The van der Waals surface area contributed by atoms with E-state index in [0.717, 1.165) is 18.8 Å². The molecule has 1 aromatic carbocycles. The molecule has 1 aromatic rings. The molecule has 0 aliphatic rings. The number of carbonyl (C=O) groups excluding carboxylic acids is 1. The lowest BCUT2D eigenvalue weighted by Gasteiger charge is -2.12. The van der Waals surface area contributed by atoms with Gasteiger partial charge in [-0.25, -0.2) is 0 Å². The van der Waals surface area contributed by atoms with Gasteiger partial charge in [0.15, 0.2) is 0 Å². The average Bonchev–Trinajstić information content (AvgIpc) is 2.43. The van der Waals surface area contributed by atoms with Crippen LogP contribution in [0.15, 0.2) is 36.9 Å². The third-order valence-electron chi connectivity index (χ3n) is 2.66. The first-order valence-corrected chi connectivity index (χ1v) is 6.39. The predicted octanol–water partition coefficient (Wildman–Crippen LogP) is 2.30. The number of anilines is 1. The molecule has 4 nitrogen and oxygen atoms in total. The molecule has 19 heavy (non-hydrogen) atoms. The summed E-state index contributed by atoms with van der Waals surface area (Å²) in [5.41, 5.74) is 1.65. The first kappa shape index (κ1) is 15.2. The molecular weight excluding hydrogens is 240 g/mol. The summed E-state index contributed by atoms with van der Waals surface area (Å²) < 4.78 is 5.08. The maximum Gasteiger partial charge on any atom is 0.251 e. The van der Waals surface area contributed by atoms with Crippen LogP contribution in [0.3, 0.4) is 0 Å². The maximum atomic E-state index is 11.7. The van der Waals surface area contributed by atoms with E-state index in [-0.39, 0.29) is 5.91 Å². The quantitative estimate of drug-likeness (QED) is 0.707. The van der Waals surface area contributed by atoms with Crippen LogP contribution in [0, 0.1) is 5.92 Å². The molecule has 0 aromatic heterocycles. The first-order valence-electron chi connectivity index (χ1n) is 6.39. The van der Waals surface area contributed by atoms with Gasteiger partial charge in [0.05, 0.1) is 6.61 Å². The van der Waals surface area contributed by atoms with E-state index in [1.807, 2.05) is 24.3 Å². The average molecular weight is 262 g/mol. The van der Waals surface area contributed by atoms with Crippen LogP contribution in [0.5, 0.6) is 0 Å². The van der Waals surface area contributed by atoms with Gasteiger partial charge in [0, 0.05) is 31.5 Å². The molecule has 0 saturated heterocycles. The highest BCUT2D eigenvalue weighted by atomic mass is 16.5. The van der Waals surface area contributed by atoms with Crippen molar-refractivity contribution in [2.24, 2.45) is 5.92 Å². The van der Waals surface area contributed by atoms with Gasteiger partial charge in [-0.1, -0.05) is 13.0 Å². The fraction of sp³-hybridized carbons (Fsp3) is 0.400. The standard InChI is InChI=1S/C15H22N2O2/c1-4-9-16-15(18)13-5-7-14(8-6-13)17-10-12(2)11-19-3/h4-8,12,17H,1,9-11H2,2-3H3,(H,16,18). The third kappa shape index (κ3) is 5.57. The lowest BCUT2D eigenvalue weighted by atomic mass is 10.1. The van der Waals surface area contributed by atoms with Crippen molar-refractivity contribution >= 4 is 11.6 Å². The molecule has 0 spiro atoms. The van der Waals surface area contributed by atoms with E-state index in [1.165, 1.54) is 0 Å². The van der Waals surface area contributed by atoms with Gasteiger partial charge in [0.2, 0.25) is 0 Å². The van der Waals surface area contributed by atoms with Crippen LogP contribution in [-0.2, 0) is 4.74 Å². The smallest absolute Gasteiger partial charge is 0.251 e. The first-order chi connectivity index (χ1) is 9.17. The number of benzene rings is 1. The van der Waals surface area contributed by atoms with Crippen LogP contribution in [0.25, 0.3) is 0 Å². The lowest BCUT2D eigenvalue weighted by Crippen LogP contribution is -2.23. The summed E-state index contributed by atoms with van der Waals surface area (Å²) in [6, 6.07) is 7.42. The largest absolute Gasteiger partial charge is 0.385 e. The number of rotatable bonds is 8. The number of amides is 1. The Kier molecular flexibility index (Phi) is 6.68. The highest BCUT2D eigenvalue weighted by molar-refractivity contribution is 5.94. The molecule has 104 valence electrons. The molecule has 0 radical (unpaired) electrons.